The number of quaternary nitrogens is 1. The highest BCUT2D eigenvalue weighted by Gasteiger charge is 2.22. The first-order chi connectivity index (χ1) is 42.5. The lowest BCUT2D eigenvalue weighted by Crippen LogP contribution is -2.37. The van der Waals surface area contributed by atoms with E-state index in [0.717, 1.165) is 122 Å². The number of phosphoric acid groups is 1. The molecule has 9 nitrogen and oxygen atoms in total. The zero-order valence-electron chi connectivity index (χ0n) is 56.7. The molecule has 0 spiro atoms. The first-order valence-electron chi connectivity index (χ1n) is 35.4. The molecule has 0 amide bonds. The van der Waals surface area contributed by atoms with Crippen LogP contribution in [0.3, 0.4) is 0 Å². The van der Waals surface area contributed by atoms with Crippen molar-refractivity contribution in [3.05, 3.63) is 134 Å². The van der Waals surface area contributed by atoms with Gasteiger partial charge in [0.05, 0.1) is 27.7 Å². The maximum Gasteiger partial charge on any atom is 0.306 e. The number of unbranched alkanes of at least 4 members (excludes halogenated alkanes) is 28. The van der Waals surface area contributed by atoms with Gasteiger partial charge in [-0.2, -0.15) is 0 Å². The quantitative estimate of drug-likeness (QED) is 0.0195. The van der Waals surface area contributed by atoms with Crippen LogP contribution in [0, 0.1) is 0 Å². The van der Waals surface area contributed by atoms with Gasteiger partial charge >= 0.3 is 11.9 Å². The Balaban J connectivity index is 4.14. The Morgan fingerprint density at radius 3 is 0.977 bits per heavy atom. The van der Waals surface area contributed by atoms with E-state index in [1.54, 1.807) is 0 Å². The average molecular weight is 1230 g/mol. The van der Waals surface area contributed by atoms with Crippen LogP contribution in [0.25, 0.3) is 0 Å². The molecule has 0 aliphatic carbocycles. The molecule has 2 atom stereocenters. The number of carbonyl (C=O) groups excluding carboxylic acids is 2. The van der Waals surface area contributed by atoms with Gasteiger partial charge in [-0.25, -0.2) is 0 Å². The number of carbonyl (C=O) groups is 2. The molecule has 0 N–H and O–H groups in total. The van der Waals surface area contributed by atoms with Crippen LogP contribution in [0.2, 0.25) is 0 Å². The number of nitrogens with zero attached hydrogens (tertiary/aromatic N) is 1. The molecule has 0 rings (SSSR count). The van der Waals surface area contributed by atoms with Gasteiger partial charge in [-0.05, 0) is 96.3 Å². The van der Waals surface area contributed by atoms with Gasteiger partial charge in [0, 0.05) is 12.8 Å². The highest BCUT2D eigenvalue weighted by Crippen LogP contribution is 2.38. The minimum atomic E-state index is -4.65. The summed E-state index contributed by atoms with van der Waals surface area (Å²) in [4.78, 5) is 38.0. The molecule has 10 heteroatoms. The number of hydrogen-bond donors (Lipinski definition) is 0. The Bertz CT molecular complexity index is 1930. The molecule has 0 radical (unpaired) electrons. The third-order valence-corrected chi connectivity index (χ3v) is 15.9. The second-order valence-corrected chi connectivity index (χ2v) is 25.9. The van der Waals surface area contributed by atoms with Crippen molar-refractivity contribution in [1.82, 2.24) is 0 Å². The number of rotatable bonds is 64. The van der Waals surface area contributed by atoms with E-state index in [0.29, 0.717) is 17.4 Å². The second-order valence-electron chi connectivity index (χ2n) is 24.5. The molecule has 0 aliphatic rings. The van der Waals surface area contributed by atoms with Gasteiger partial charge in [-0.1, -0.05) is 314 Å². The van der Waals surface area contributed by atoms with Crippen molar-refractivity contribution in [3.63, 3.8) is 0 Å². The maximum atomic E-state index is 12.9. The van der Waals surface area contributed by atoms with Crippen molar-refractivity contribution in [2.45, 2.75) is 296 Å². The summed E-state index contributed by atoms with van der Waals surface area (Å²) in [6, 6.07) is 0. The highest BCUT2D eigenvalue weighted by atomic mass is 31.2. The van der Waals surface area contributed by atoms with Crippen LogP contribution in [0.5, 0.6) is 0 Å². The van der Waals surface area contributed by atoms with Crippen LogP contribution < -0.4 is 4.89 Å². The van der Waals surface area contributed by atoms with Crippen molar-refractivity contribution in [3.8, 4) is 0 Å². The minimum absolute atomic E-state index is 0.0399. The Morgan fingerprint density at radius 1 is 0.368 bits per heavy atom. The van der Waals surface area contributed by atoms with Crippen LogP contribution in [0.1, 0.15) is 290 Å². The van der Waals surface area contributed by atoms with E-state index in [9.17, 15) is 19.0 Å². The van der Waals surface area contributed by atoms with Crippen LogP contribution in [-0.2, 0) is 32.7 Å². The summed E-state index contributed by atoms with van der Waals surface area (Å²) < 4.78 is 34.3. The summed E-state index contributed by atoms with van der Waals surface area (Å²) in [5, 5.41) is 0. The molecule has 0 aromatic heterocycles. The predicted octanol–water partition coefficient (Wildman–Crippen LogP) is 22.6. The molecule has 0 fully saturated rings. The summed E-state index contributed by atoms with van der Waals surface area (Å²) >= 11 is 0. The summed E-state index contributed by atoms with van der Waals surface area (Å²) in [5.41, 5.74) is 0. The van der Waals surface area contributed by atoms with Crippen molar-refractivity contribution in [1.29, 1.82) is 0 Å². The van der Waals surface area contributed by atoms with Gasteiger partial charge in [0.25, 0.3) is 7.82 Å². The van der Waals surface area contributed by atoms with Gasteiger partial charge in [0.2, 0.25) is 0 Å². The Kier molecular flexibility index (Phi) is 63.6. The first-order valence-corrected chi connectivity index (χ1v) is 36.9. The molecule has 2 unspecified atom stereocenters. The number of hydrogen-bond acceptors (Lipinski definition) is 8. The van der Waals surface area contributed by atoms with Gasteiger partial charge in [-0.15, -0.1) is 0 Å². The summed E-state index contributed by atoms with van der Waals surface area (Å²) in [7, 11) is 1.14. The standard InChI is InChI=1S/C77H132NO8P/c1-6-8-10-12-14-16-18-20-22-24-26-28-30-32-33-34-35-36-37-38-39-40-41-42-43-44-45-46-48-50-52-54-56-58-60-62-64-66-68-70-77(80)86-75(74-85-87(81,82)84-72-71-78(3,4)5)73-83-76(79)69-67-65-63-61-59-57-55-53-51-49-47-31-29-27-25-23-21-19-17-15-13-11-9-7-2/h8,10,14,16,20,22,26,28,32-33,35-36,38-39,41-42,44-45,48,50,54,56,75H,6-7,9,11-13,15,17-19,21,23-25,27,29-31,34,37,40,43,46-47,49,51-53,55,57-74H2,1-5H3/b10-8-,16-14-,22-20-,28-26-,33-32-,36-35-,39-38-,42-41-,45-44-,50-48-,56-54-. The number of phosphoric ester groups is 1. The lowest BCUT2D eigenvalue weighted by Gasteiger charge is -2.28. The number of esters is 2. The fourth-order valence-electron chi connectivity index (χ4n) is 9.55. The lowest BCUT2D eigenvalue weighted by molar-refractivity contribution is -0.870. The fraction of sp³-hybridized carbons (Fsp3) is 0.688. The van der Waals surface area contributed by atoms with Crippen molar-refractivity contribution >= 4 is 19.8 Å². The molecule has 0 aliphatic heterocycles. The van der Waals surface area contributed by atoms with E-state index >= 15 is 0 Å². The molecular formula is C77H132NO8P. The Morgan fingerprint density at radius 2 is 0.655 bits per heavy atom. The largest absolute Gasteiger partial charge is 0.756 e. The zero-order chi connectivity index (χ0) is 63.4. The first kappa shape index (κ1) is 83.2. The summed E-state index contributed by atoms with van der Waals surface area (Å²) in [6.45, 7) is 4.12. The monoisotopic (exact) mass is 1230 g/mol. The lowest BCUT2D eigenvalue weighted by atomic mass is 10.0. The fourth-order valence-corrected chi connectivity index (χ4v) is 10.3. The van der Waals surface area contributed by atoms with E-state index < -0.39 is 26.5 Å². The van der Waals surface area contributed by atoms with Crippen LogP contribution in [0.15, 0.2) is 134 Å². The maximum absolute atomic E-state index is 12.9. The molecule has 0 aromatic carbocycles. The third kappa shape index (κ3) is 71.1. The SMILES string of the molecule is CC/C=C\C/C=C\C/C=C\C/C=C\C/C=C\C/C=C\C/C=C\C/C=C\C/C=C\C/C=C\C/C=C\CCCCCCCC(=O)OC(COC(=O)CCCCCCCCCCCCCCCCCCCCCCCCCC)COP(=O)([O-])OCC[N+](C)(C)C. The molecular weight excluding hydrogens is 1100 g/mol. The van der Waals surface area contributed by atoms with Gasteiger partial charge in [-0.3, -0.25) is 14.2 Å². The van der Waals surface area contributed by atoms with Gasteiger partial charge in [0.15, 0.2) is 6.10 Å². The molecule has 0 saturated heterocycles. The van der Waals surface area contributed by atoms with Crippen molar-refractivity contribution in [2.24, 2.45) is 0 Å². The Labute approximate surface area is 536 Å². The van der Waals surface area contributed by atoms with Crippen molar-refractivity contribution in [2.75, 3.05) is 47.5 Å². The summed E-state index contributed by atoms with van der Waals surface area (Å²) in [6.07, 6.45) is 96.7. The second kappa shape index (κ2) is 66.6. The number of likely N-dealkylation sites (N-methyl/N-ethyl adjacent to an activating group) is 1. The topological polar surface area (TPSA) is 111 Å². The predicted molar refractivity (Wildman–Crippen MR) is 374 cm³/mol. The average Bonchev–Trinajstić information content (AvgIpc) is 3.68. The highest BCUT2D eigenvalue weighted by molar-refractivity contribution is 7.45. The molecule has 0 aromatic rings. The third-order valence-electron chi connectivity index (χ3n) is 14.9. The van der Waals surface area contributed by atoms with E-state index in [-0.39, 0.29) is 32.0 Å². The van der Waals surface area contributed by atoms with E-state index in [1.807, 2.05) is 21.1 Å². The number of allylic oxidation sites excluding steroid dienone is 22. The van der Waals surface area contributed by atoms with Gasteiger partial charge < -0.3 is 27.9 Å². The smallest absolute Gasteiger partial charge is 0.306 e. The van der Waals surface area contributed by atoms with Crippen molar-refractivity contribution < 1.29 is 42.1 Å². The van der Waals surface area contributed by atoms with Gasteiger partial charge in [0.1, 0.15) is 19.8 Å². The molecule has 0 heterocycles. The van der Waals surface area contributed by atoms with Crippen LogP contribution >= 0.6 is 7.82 Å². The van der Waals surface area contributed by atoms with E-state index in [2.05, 4.69) is 148 Å². The molecule has 498 valence electrons. The number of ether oxygens (including phenoxy) is 2. The molecule has 0 saturated carbocycles. The normalized spacial score (nSPS) is 14.0. The van der Waals surface area contributed by atoms with E-state index in [4.69, 9.17) is 18.5 Å². The zero-order valence-corrected chi connectivity index (χ0v) is 57.6. The van der Waals surface area contributed by atoms with Crippen LogP contribution in [0.4, 0.5) is 0 Å². The van der Waals surface area contributed by atoms with Crippen LogP contribution in [-0.4, -0.2) is 70.0 Å². The Hall–Kier alpha value is -3.85. The molecule has 0 bridgehead atoms. The summed E-state index contributed by atoms with van der Waals surface area (Å²) in [5.74, 6) is -0.853. The van der Waals surface area contributed by atoms with E-state index in [1.165, 1.54) is 135 Å². The molecule has 87 heavy (non-hydrogen) atoms. The minimum Gasteiger partial charge on any atom is -0.756 e.